The summed E-state index contributed by atoms with van der Waals surface area (Å²) in [5, 5.41) is 1.36. The van der Waals surface area contributed by atoms with Gasteiger partial charge in [-0.3, -0.25) is 4.79 Å². The van der Waals surface area contributed by atoms with E-state index in [1.54, 1.807) is 6.92 Å². The van der Waals surface area contributed by atoms with Crippen molar-refractivity contribution in [1.29, 1.82) is 0 Å². The van der Waals surface area contributed by atoms with E-state index in [-0.39, 0.29) is 0 Å². The lowest BCUT2D eigenvalue weighted by Gasteiger charge is -2.23. The molecule has 1 rings (SSSR count). The third-order valence-electron chi connectivity index (χ3n) is 2.55. The summed E-state index contributed by atoms with van der Waals surface area (Å²) in [6.45, 7) is 3.87. The largest absolute Gasteiger partial charge is 0.300 e. The zero-order valence-corrected chi connectivity index (χ0v) is 9.53. The van der Waals surface area contributed by atoms with Crippen LogP contribution in [0.25, 0.3) is 0 Å². The molecule has 1 fully saturated rings. The number of Topliss-reactive ketones (excluding diaryl/α,β-unsaturated/α-hetero) is 1. The Morgan fingerprint density at radius 2 is 2.00 bits per heavy atom. The molecule has 0 N–H and O–H groups in total. The molecule has 0 aliphatic heterocycles. The molecular formula is C11H20OS. The van der Waals surface area contributed by atoms with Crippen molar-refractivity contribution in [3.8, 4) is 0 Å². The van der Waals surface area contributed by atoms with Gasteiger partial charge in [0.25, 0.3) is 0 Å². The van der Waals surface area contributed by atoms with E-state index in [1.807, 2.05) is 11.8 Å². The Morgan fingerprint density at radius 1 is 1.38 bits per heavy atom. The van der Waals surface area contributed by atoms with Crippen LogP contribution >= 0.6 is 11.8 Å². The first-order chi connectivity index (χ1) is 6.18. The molecule has 1 nitrogen and oxygen atoms in total. The number of ketones is 1. The summed E-state index contributed by atoms with van der Waals surface area (Å²) < 4.78 is 0. The average molecular weight is 200 g/mol. The fourth-order valence-corrected chi connectivity index (χ4v) is 3.58. The van der Waals surface area contributed by atoms with Gasteiger partial charge in [-0.15, -0.1) is 0 Å². The molecule has 0 spiro atoms. The second-order valence-electron chi connectivity index (χ2n) is 4.11. The van der Waals surface area contributed by atoms with Gasteiger partial charge in [0.05, 0.1) is 0 Å². The Labute approximate surface area is 85.7 Å². The van der Waals surface area contributed by atoms with E-state index in [0.29, 0.717) is 11.0 Å². The maximum absolute atomic E-state index is 10.9. The molecule has 1 saturated carbocycles. The molecule has 0 saturated heterocycles. The standard InChI is InChI=1S/C11H20OS/c1-9(12)8-10(2)13-11-6-4-3-5-7-11/h10-11H,3-8H2,1-2H3/t10-/m1/s1. The van der Waals surface area contributed by atoms with Gasteiger partial charge >= 0.3 is 0 Å². The minimum Gasteiger partial charge on any atom is -0.300 e. The zero-order valence-electron chi connectivity index (χ0n) is 8.71. The first-order valence-electron chi connectivity index (χ1n) is 5.33. The highest BCUT2D eigenvalue weighted by Crippen LogP contribution is 2.31. The molecule has 1 aliphatic rings. The fraction of sp³-hybridized carbons (Fsp3) is 0.909. The van der Waals surface area contributed by atoms with Crippen molar-refractivity contribution in [3.05, 3.63) is 0 Å². The molecule has 0 heterocycles. The SMILES string of the molecule is CC(=O)C[C@@H](C)SC1CCCCC1. The predicted molar refractivity (Wildman–Crippen MR) is 59.2 cm³/mol. The van der Waals surface area contributed by atoms with Crippen LogP contribution in [-0.2, 0) is 4.79 Å². The summed E-state index contributed by atoms with van der Waals surface area (Å²) in [4.78, 5) is 10.9. The lowest BCUT2D eigenvalue weighted by atomic mass is 10.0. The molecule has 1 aliphatic carbocycles. The third-order valence-corrected chi connectivity index (χ3v) is 4.04. The van der Waals surface area contributed by atoms with Crippen LogP contribution in [0.1, 0.15) is 52.4 Å². The van der Waals surface area contributed by atoms with Crippen LogP contribution in [0.15, 0.2) is 0 Å². The van der Waals surface area contributed by atoms with Crippen molar-refractivity contribution in [1.82, 2.24) is 0 Å². The topological polar surface area (TPSA) is 17.1 Å². The van der Waals surface area contributed by atoms with Gasteiger partial charge in [-0.2, -0.15) is 11.8 Å². The second kappa shape index (κ2) is 5.69. The molecule has 0 bridgehead atoms. The van der Waals surface area contributed by atoms with Gasteiger partial charge in [0.2, 0.25) is 0 Å². The molecule has 1 atom stereocenters. The van der Waals surface area contributed by atoms with Crippen molar-refractivity contribution in [3.63, 3.8) is 0 Å². The zero-order chi connectivity index (χ0) is 9.68. The molecule has 0 aromatic heterocycles. The monoisotopic (exact) mass is 200 g/mol. The van der Waals surface area contributed by atoms with Gasteiger partial charge in [-0.05, 0) is 19.8 Å². The van der Waals surface area contributed by atoms with Crippen LogP contribution in [0, 0.1) is 0 Å². The van der Waals surface area contributed by atoms with Gasteiger partial charge in [0.15, 0.2) is 0 Å². The third kappa shape index (κ3) is 4.70. The first-order valence-corrected chi connectivity index (χ1v) is 6.27. The molecule has 0 aromatic carbocycles. The average Bonchev–Trinajstić information content (AvgIpc) is 2.04. The highest BCUT2D eigenvalue weighted by Gasteiger charge is 2.17. The number of carbonyl (C=O) groups excluding carboxylic acids is 1. The smallest absolute Gasteiger partial charge is 0.130 e. The summed E-state index contributed by atoms with van der Waals surface area (Å²) in [5.41, 5.74) is 0. The minimum atomic E-state index is 0.329. The molecule has 0 amide bonds. The lowest BCUT2D eigenvalue weighted by Crippen LogP contribution is -2.14. The predicted octanol–water partition coefficient (Wildman–Crippen LogP) is 3.42. The van der Waals surface area contributed by atoms with E-state index < -0.39 is 0 Å². The summed E-state index contributed by atoms with van der Waals surface area (Å²) in [7, 11) is 0. The number of hydrogen-bond donors (Lipinski definition) is 0. The van der Waals surface area contributed by atoms with Crippen molar-refractivity contribution < 1.29 is 4.79 Å². The molecular weight excluding hydrogens is 180 g/mol. The molecule has 76 valence electrons. The van der Waals surface area contributed by atoms with E-state index in [2.05, 4.69) is 6.92 Å². The Hall–Kier alpha value is 0.0200. The molecule has 13 heavy (non-hydrogen) atoms. The van der Waals surface area contributed by atoms with E-state index in [0.717, 1.165) is 11.7 Å². The Morgan fingerprint density at radius 3 is 2.54 bits per heavy atom. The highest BCUT2D eigenvalue weighted by atomic mass is 32.2. The van der Waals surface area contributed by atoms with Crippen LogP contribution < -0.4 is 0 Å². The van der Waals surface area contributed by atoms with Gasteiger partial charge in [-0.1, -0.05) is 26.2 Å². The van der Waals surface area contributed by atoms with E-state index in [4.69, 9.17) is 0 Å². The molecule has 0 radical (unpaired) electrons. The van der Waals surface area contributed by atoms with Gasteiger partial charge < -0.3 is 0 Å². The second-order valence-corrected chi connectivity index (χ2v) is 5.86. The Balaban J connectivity index is 2.18. The maximum atomic E-state index is 10.9. The van der Waals surface area contributed by atoms with Crippen molar-refractivity contribution >= 4 is 17.5 Å². The normalized spacial score (nSPS) is 21.4. The van der Waals surface area contributed by atoms with Crippen LogP contribution in [0.3, 0.4) is 0 Å². The quantitative estimate of drug-likeness (QED) is 0.691. The maximum Gasteiger partial charge on any atom is 0.130 e. The van der Waals surface area contributed by atoms with Gasteiger partial charge in [0, 0.05) is 16.9 Å². The van der Waals surface area contributed by atoms with Crippen molar-refractivity contribution in [2.75, 3.05) is 0 Å². The minimum absolute atomic E-state index is 0.329. The van der Waals surface area contributed by atoms with Crippen molar-refractivity contribution in [2.24, 2.45) is 0 Å². The highest BCUT2D eigenvalue weighted by molar-refractivity contribution is 8.00. The fourth-order valence-electron chi connectivity index (χ4n) is 1.98. The van der Waals surface area contributed by atoms with Gasteiger partial charge in [-0.25, -0.2) is 0 Å². The Bertz CT molecular complexity index is 161. The number of carbonyl (C=O) groups is 1. The summed E-state index contributed by atoms with van der Waals surface area (Å²) in [5.74, 6) is 0.329. The summed E-state index contributed by atoms with van der Waals surface area (Å²) >= 11 is 2.03. The molecule has 0 unspecified atom stereocenters. The summed E-state index contributed by atoms with van der Waals surface area (Å²) in [6, 6.07) is 0. The number of thioether (sulfide) groups is 1. The van der Waals surface area contributed by atoms with Crippen LogP contribution in [0.2, 0.25) is 0 Å². The van der Waals surface area contributed by atoms with Gasteiger partial charge in [0.1, 0.15) is 5.78 Å². The van der Waals surface area contributed by atoms with E-state index in [1.165, 1.54) is 32.1 Å². The molecule has 2 heteroatoms. The number of rotatable bonds is 4. The number of hydrogen-bond acceptors (Lipinski definition) is 2. The van der Waals surface area contributed by atoms with Crippen LogP contribution in [0.4, 0.5) is 0 Å². The van der Waals surface area contributed by atoms with E-state index >= 15 is 0 Å². The van der Waals surface area contributed by atoms with Crippen LogP contribution in [-0.4, -0.2) is 16.3 Å². The van der Waals surface area contributed by atoms with Crippen molar-refractivity contribution in [2.45, 2.75) is 62.9 Å². The summed E-state index contributed by atoms with van der Waals surface area (Å²) in [6.07, 6.45) is 7.69. The Kier molecular flexibility index (Phi) is 4.86. The lowest BCUT2D eigenvalue weighted by molar-refractivity contribution is -0.116. The molecule has 0 aromatic rings. The van der Waals surface area contributed by atoms with Crippen LogP contribution in [0.5, 0.6) is 0 Å². The first kappa shape index (κ1) is 11.1. The van der Waals surface area contributed by atoms with E-state index in [9.17, 15) is 4.79 Å².